The van der Waals surface area contributed by atoms with E-state index < -0.39 is 17.7 Å². The fraction of sp³-hybridized carbons (Fsp3) is 0.429. The summed E-state index contributed by atoms with van der Waals surface area (Å²) in [5.74, 6) is -1.10. The highest BCUT2D eigenvalue weighted by atomic mass is 19.4. The Balaban J connectivity index is 1.52. The highest BCUT2D eigenvalue weighted by molar-refractivity contribution is 6.05. The van der Waals surface area contributed by atoms with Crippen LogP contribution in [0.5, 0.6) is 0 Å². The molecule has 2 aromatic carbocycles. The predicted molar refractivity (Wildman–Crippen MR) is 133 cm³/mol. The number of nitrogens with zero attached hydrogens (tertiary/aromatic N) is 3. The molecule has 0 amide bonds. The van der Waals surface area contributed by atoms with E-state index in [-0.39, 0.29) is 11.1 Å². The molecular weight excluding hydrogens is 467 g/mol. The minimum absolute atomic E-state index is 0.117. The smallest absolute Gasteiger partial charge is 0.416 e. The van der Waals surface area contributed by atoms with Crippen molar-refractivity contribution in [1.82, 2.24) is 14.8 Å². The zero-order valence-corrected chi connectivity index (χ0v) is 20.1. The van der Waals surface area contributed by atoms with Crippen molar-refractivity contribution in [3.63, 3.8) is 0 Å². The Morgan fingerprint density at radius 1 is 0.972 bits per heavy atom. The molecule has 0 atom stereocenters. The molecule has 0 unspecified atom stereocenters. The number of likely N-dealkylation sites (tertiary alicyclic amines) is 2. The molecule has 0 aliphatic carbocycles. The molecule has 2 aliphatic heterocycles. The number of alkyl halides is 3. The summed E-state index contributed by atoms with van der Waals surface area (Å²) in [6.45, 7) is 4.24. The van der Waals surface area contributed by atoms with Gasteiger partial charge in [-0.05, 0) is 70.1 Å². The monoisotopic (exact) mass is 497 g/mol. The van der Waals surface area contributed by atoms with Crippen LogP contribution in [0.1, 0.15) is 53.6 Å². The zero-order valence-electron chi connectivity index (χ0n) is 20.1. The van der Waals surface area contributed by atoms with Crippen LogP contribution in [0.3, 0.4) is 0 Å². The number of aromatic nitrogens is 1. The summed E-state index contributed by atoms with van der Waals surface area (Å²) in [4.78, 5) is 22.0. The minimum atomic E-state index is -4.50. The fourth-order valence-corrected chi connectivity index (χ4v) is 5.68. The van der Waals surface area contributed by atoms with Gasteiger partial charge in [0, 0.05) is 29.1 Å². The molecule has 190 valence electrons. The standard InChI is InChI=1S/C28H30F3N3O2/c29-28(30,31)20-8-6-7-19(17-20)26-23(25(27(35)36)22-9-2-3-10-24(22)32-26)18-33-15-11-21(12-16-33)34-13-4-1-5-14-34/h2-3,6-10,17,21H,1,4-5,11-16,18H2,(H,35,36). The quantitative estimate of drug-likeness (QED) is 0.464. The maximum atomic E-state index is 13.5. The number of piperidine rings is 2. The maximum Gasteiger partial charge on any atom is 0.416 e. The number of fused-ring (bicyclic) bond motifs is 1. The van der Waals surface area contributed by atoms with Gasteiger partial charge < -0.3 is 10.0 Å². The highest BCUT2D eigenvalue weighted by Gasteiger charge is 2.32. The van der Waals surface area contributed by atoms with Crippen LogP contribution in [-0.4, -0.2) is 58.1 Å². The Morgan fingerprint density at radius 2 is 1.69 bits per heavy atom. The molecule has 1 aromatic heterocycles. The fourth-order valence-electron chi connectivity index (χ4n) is 5.68. The topological polar surface area (TPSA) is 56.7 Å². The molecule has 0 radical (unpaired) electrons. The lowest BCUT2D eigenvalue weighted by molar-refractivity contribution is -0.137. The van der Waals surface area contributed by atoms with Crippen molar-refractivity contribution < 1.29 is 23.1 Å². The van der Waals surface area contributed by atoms with Crippen LogP contribution in [0.2, 0.25) is 0 Å². The molecule has 36 heavy (non-hydrogen) atoms. The second kappa shape index (κ2) is 10.2. The number of halogens is 3. The number of carboxylic acids is 1. The van der Waals surface area contributed by atoms with E-state index in [1.165, 1.54) is 25.3 Å². The molecule has 5 rings (SSSR count). The van der Waals surface area contributed by atoms with Crippen molar-refractivity contribution in [3.8, 4) is 11.3 Å². The number of hydrogen-bond acceptors (Lipinski definition) is 4. The van der Waals surface area contributed by atoms with Gasteiger partial charge >= 0.3 is 12.1 Å². The largest absolute Gasteiger partial charge is 0.478 e. The van der Waals surface area contributed by atoms with Crippen molar-refractivity contribution in [3.05, 3.63) is 65.2 Å². The predicted octanol–water partition coefficient (Wildman–Crippen LogP) is 6.07. The van der Waals surface area contributed by atoms with Crippen molar-refractivity contribution in [2.24, 2.45) is 0 Å². The number of rotatable bonds is 5. The highest BCUT2D eigenvalue weighted by Crippen LogP contribution is 2.36. The summed E-state index contributed by atoms with van der Waals surface area (Å²) < 4.78 is 40.4. The molecule has 0 spiro atoms. The lowest BCUT2D eigenvalue weighted by Gasteiger charge is -2.40. The molecular formula is C28H30F3N3O2. The molecule has 3 aromatic rings. The number of aromatic carboxylic acids is 1. The number of carboxylic acid groups (broad SMARTS) is 1. The van der Waals surface area contributed by atoms with Gasteiger partial charge in [-0.25, -0.2) is 9.78 Å². The van der Waals surface area contributed by atoms with Crippen LogP contribution in [0.15, 0.2) is 48.5 Å². The Morgan fingerprint density at radius 3 is 2.39 bits per heavy atom. The molecule has 0 bridgehead atoms. The average Bonchev–Trinajstić information content (AvgIpc) is 2.88. The first kappa shape index (κ1) is 24.7. The van der Waals surface area contributed by atoms with Gasteiger partial charge in [0.25, 0.3) is 0 Å². The number of pyridine rings is 1. The van der Waals surface area contributed by atoms with E-state index in [0.717, 1.165) is 51.2 Å². The van der Waals surface area contributed by atoms with Gasteiger partial charge in [-0.1, -0.05) is 36.8 Å². The first-order valence-corrected chi connectivity index (χ1v) is 12.6. The first-order chi connectivity index (χ1) is 17.3. The molecule has 0 saturated carbocycles. The Hall–Kier alpha value is -2.97. The van der Waals surface area contributed by atoms with Gasteiger partial charge in [-0.2, -0.15) is 13.2 Å². The minimum Gasteiger partial charge on any atom is -0.478 e. The van der Waals surface area contributed by atoms with Crippen molar-refractivity contribution in [2.45, 2.75) is 50.9 Å². The Labute approximate surface area is 208 Å². The molecule has 2 fully saturated rings. The van der Waals surface area contributed by atoms with Crippen LogP contribution < -0.4 is 0 Å². The number of carbonyl (C=O) groups is 1. The second-order valence-electron chi connectivity index (χ2n) is 9.82. The average molecular weight is 498 g/mol. The Bertz CT molecular complexity index is 1250. The van der Waals surface area contributed by atoms with E-state index in [0.29, 0.717) is 34.7 Å². The van der Waals surface area contributed by atoms with E-state index in [4.69, 9.17) is 4.98 Å². The van der Waals surface area contributed by atoms with Gasteiger partial charge in [0.05, 0.1) is 22.3 Å². The summed E-state index contributed by atoms with van der Waals surface area (Å²) in [5.41, 5.74) is 0.838. The van der Waals surface area contributed by atoms with E-state index >= 15 is 0 Å². The molecule has 1 N–H and O–H groups in total. The third-order valence-electron chi connectivity index (χ3n) is 7.52. The number of hydrogen-bond donors (Lipinski definition) is 1. The van der Waals surface area contributed by atoms with E-state index in [2.05, 4.69) is 9.80 Å². The van der Waals surface area contributed by atoms with Crippen LogP contribution in [0, 0.1) is 0 Å². The molecule has 8 heteroatoms. The van der Waals surface area contributed by atoms with Crippen molar-refractivity contribution >= 4 is 16.9 Å². The van der Waals surface area contributed by atoms with Gasteiger partial charge in [0.2, 0.25) is 0 Å². The molecule has 2 aliphatic rings. The SMILES string of the molecule is O=C(O)c1c(CN2CCC(N3CCCCC3)CC2)c(-c2cccc(C(F)(F)F)c2)nc2ccccc12. The molecule has 2 saturated heterocycles. The number of para-hydroxylation sites is 1. The number of benzene rings is 2. The Kier molecular flexibility index (Phi) is 6.99. The summed E-state index contributed by atoms with van der Waals surface area (Å²) in [6.07, 6.45) is 1.28. The maximum absolute atomic E-state index is 13.5. The normalized spacial score (nSPS) is 18.5. The van der Waals surface area contributed by atoms with Crippen LogP contribution in [0.25, 0.3) is 22.2 Å². The summed E-state index contributed by atoms with van der Waals surface area (Å²) in [5, 5.41) is 10.7. The van der Waals surface area contributed by atoms with Crippen LogP contribution in [0.4, 0.5) is 13.2 Å². The summed E-state index contributed by atoms with van der Waals surface area (Å²) >= 11 is 0. The lowest BCUT2D eigenvalue weighted by Crippen LogP contribution is -2.46. The van der Waals surface area contributed by atoms with Gasteiger partial charge in [0.15, 0.2) is 0 Å². The van der Waals surface area contributed by atoms with E-state index in [9.17, 15) is 23.1 Å². The third-order valence-corrected chi connectivity index (χ3v) is 7.52. The zero-order chi connectivity index (χ0) is 25.3. The molecule has 5 nitrogen and oxygen atoms in total. The van der Waals surface area contributed by atoms with Gasteiger partial charge in [-0.15, -0.1) is 0 Å². The first-order valence-electron chi connectivity index (χ1n) is 12.6. The van der Waals surface area contributed by atoms with E-state index in [1.807, 2.05) is 0 Å². The second-order valence-corrected chi connectivity index (χ2v) is 9.82. The van der Waals surface area contributed by atoms with Crippen LogP contribution >= 0.6 is 0 Å². The molecule has 3 heterocycles. The van der Waals surface area contributed by atoms with Gasteiger partial charge in [-0.3, -0.25) is 4.90 Å². The van der Waals surface area contributed by atoms with Crippen molar-refractivity contribution in [1.29, 1.82) is 0 Å². The summed E-state index contributed by atoms with van der Waals surface area (Å²) in [7, 11) is 0. The summed E-state index contributed by atoms with van der Waals surface area (Å²) in [6, 6.07) is 12.5. The van der Waals surface area contributed by atoms with E-state index in [1.54, 1.807) is 30.3 Å². The lowest BCUT2D eigenvalue weighted by atomic mass is 9.94. The third kappa shape index (κ3) is 5.11. The van der Waals surface area contributed by atoms with Gasteiger partial charge in [0.1, 0.15) is 0 Å². The van der Waals surface area contributed by atoms with Crippen molar-refractivity contribution in [2.75, 3.05) is 26.2 Å². The van der Waals surface area contributed by atoms with Crippen LogP contribution in [-0.2, 0) is 12.7 Å².